The van der Waals surface area contributed by atoms with Crippen molar-refractivity contribution in [3.05, 3.63) is 57.1 Å². The van der Waals surface area contributed by atoms with E-state index in [1.165, 1.54) is 11.3 Å². The Balaban J connectivity index is 1.11. The number of carbonyl (C=O) groups is 1. The van der Waals surface area contributed by atoms with E-state index in [2.05, 4.69) is 48.0 Å². The summed E-state index contributed by atoms with van der Waals surface area (Å²) in [7, 11) is 0. The first-order valence-corrected chi connectivity index (χ1v) is 13.0. The molecule has 2 aliphatic rings. The molecule has 0 spiro atoms. The Morgan fingerprint density at radius 1 is 1.11 bits per heavy atom. The summed E-state index contributed by atoms with van der Waals surface area (Å²) in [5, 5.41) is 0.530. The lowest BCUT2D eigenvalue weighted by atomic mass is 10.1. The zero-order valence-electron chi connectivity index (χ0n) is 20.8. The van der Waals surface area contributed by atoms with Crippen LogP contribution < -0.4 is 19.9 Å². The maximum atomic E-state index is 13.0. The largest absolute Gasteiger partial charge is 0.454 e. The summed E-state index contributed by atoms with van der Waals surface area (Å²) < 4.78 is 12.8. The maximum Gasteiger partial charge on any atom is 0.262 e. The average molecular weight is 509 g/mol. The highest BCUT2D eigenvalue weighted by atomic mass is 32.1. The number of aromatic nitrogens is 2. The van der Waals surface area contributed by atoms with Gasteiger partial charge in [0.15, 0.2) is 16.3 Å². The summed E-state index contributed by atoms with van der Waals surface area (Å²) in [6, 6.07) is 12.3. The monoisotopic (exact) mass is 508 g/mol. The molecular weight excluding hydrogens is 476 g/mol. The molecule has 2 aliphatic heterocycles. The fourth-order valence-corrected chi connectivity index (χ4v) is 5.39. The first kappa shape index (κ1) is 24.4. The average Bonchev–Trinajstić information content (AvgIpc) is 3.32. The molecule has 1 amide bonds. The molecule has 9 heteroatoms. The molecule has 1 N–H and O–H groups in total. The van der Waals surface area contributed by atoms with E-state index in [4.69, 9.17) is 21.7 Å². The normalized spacial score (nSPS) is 17.1. The van der Waals surface area contributed by atoms with Gasteiger partial charge in [-0.05, 0) is 62.7 Å². The zero-order chi connectivity index (χ0) is 25.2. The van der Waals surface area contributed by atoms with Gasteiger partial charge in [0.2, 0.25) is 12.7 Å². The third-order valence-corrected chi connectivity index (χ3v) is 7.38. The van der Waals surface area contributed by atoms with Crippen LogP contribution in [0.4, 0.5) is 5.69 Å². The van der Waals surface area contributed by atoms with Crippen molar-refractivity contribution in [2.45, 2.75) is 52.1 Å². The molecule has 8 nitrogen and oxygen atoms in total. The van der Waals surface area contributed by atoms with Crippen molar-refractivity contribution in [2.24, 2.45) is 0 Å². The number of aryl methyl sites for hydroxylation is 1. The zero-order valence-corrected chi connectivity index (χ0v) is 21.6. The maximum absolute atomic E-state index is 13.0. The predicted molar refractivity (Wildman–Crippen MR) is 143 cm³/mol. The Labute approximate surface area is 215 Å². The summed E-state index contributed by atoms with van der Waals surface area (Å²) >= 11 is 5.43. The van der Waals surface area contributed by atoms with Crippen molar-refractivity contribution in [3.8, 4) is 11.5 Å². The van der Waals surface area contributed by atoms with Gasteiger partial charge in [-0.2, -0.15) is 0 Å². The van der Waals surface area contributed by atoms with Crippen LogP contribution >= 0.6 is 12.2 Å². The Bertz CT molecular complexity index is 1400. The smallest absolute Gasteiger partial charge is 0.262 e. The van der Waals surface area contributed by atoms with Crippen LogP contribution in [0.25, 0.3) is 10.9 Å². The minimum absolute atomic E-state index is 0.136. The van der Waals surface area contributed by atoms with Crippen molar-refractivity contribution >= 4 is 34.7 Å². The number of nitrogens with one attached hydrogen (secondary N) is 1. The number of unbranched alkanes of at least 4 members (excludes halogenated alkanes) is 2. The number of amides is 1. The van der Waals surface area contributed by atoms with E-state index in [0.717, 1.165) is 38.9 Å². The van der Waals surface area contributed by atoms with E-state index in [-0.39, 0.29) is 24.3 Å². The van der Waals surface area contributed by atoms with Crippen LogP contribution in [0, 0.1) is 11.7 Å². The fourth-order valence-electron chi connectivity index (χ4n) is 5.10. The molecule has 3 heterocycles. The van der Waals surface area contributed by atoms with Gasteiger partial charge >= 0.3 is 0 Å². The summed E-state index contributed by atoms with van der Waals surface area (Å²) in [5.41, 5.74) is 2.98. The summed E-state index contributed by atoms with van der Waals surface area (Å²) in [6.45, 7) is 7.29. The number of ether oxygens (including phenoxy) is 2. The number of nitrogens with zero attached hydrogens (tertiary/aromatic N) is 3. The summed E-state index contributed by atoms with van der Waals surface area (Å²) in [5.74, 6) is 1.40. The molecule has 190 valence electrons. The van der Waals surface area contributed by atoms with Gasteiger partial charge in [0.1, 0.15) is 0 Å². The molecule has 5 rings (SSSR count). The molecule has 3 aromatic rings. The van der Waals surface area contributed by atoms with Crippen LogP contribution in [0.5, 0.6) is 11.5 Å². The van der Waals surface area contributed by atoms with Gasteiger partial charge in [-0.25, -0.2) is 0 Å². The van der Waals surface area contributed by atoms with Crippen LogP contribution in [-0.2, 0) is 11.3 Å². The van der Waals surface area contributed by atoms with Gasteiger partial charge < -0.3 is 24.3 Å². The van der Waals surface area contributed by atoms with Crippen molar-refractivity contribution in [1.29, 1.82) is 0 Å². The molecule has 0 aliphatic carbocycles. The van der Waals surface area contributed by atoms with E-state index in [1.807, 2.05) is 4.90 Å². The first-order chi connectivity index (χ1) is 17.4. The Kier molecular flexibility index (Phi) is 7.00. The van der Waals surface area contributed by atoms with Gasteiger partial charge in [0.25, 0.3) is 5.56 Å². The molecule has 1 atom stereocenters. The number of aromatic amines is 1. The van der Waals surface area contributed by atoms with E-state index in [0.29, 0.717) is 40.1 Å². The number of hydrogen-bond acceptors (Lipinski definition) is 6. The molecule has 36 heavy (non-hydrogen) atoms. The summed E-state index contributed by atoms with van der Waals surface area (Å²) in [6.07, 6.45) is 2.95. The van der Waals surface area contributed by atoms with Gasteiger partial charge in [-0.3, -0.25) is 14.2 Å². The van der Waals surface area contributed by atoms with E-state index in [9.17, 15) is 9.59 Å². The number of carbonyl (C=O) groups excluding carboxylic acids is 1. The summed E-state index contributed by atoms with van der Waals surface area (Å²) in [4.78, 5) is 33.4. The lowest BCUT2D eigenvalue weighted by Crippen LogP contribution is -2.53. The number of H-pyrrole nitrogens is 1. The molecule has 0 radical (unpaired) electrons. The Morgan fingerprint density at radius 3 is 2.69 bits per heavy atom. The minimum atomic E-state index is -0.136. The predicted octanol–water partition coefficient (Wildman–Crippen LogP) is 4.39. The highest BCUT2D eigenvalue weighted by Crippen LogP contribution is 2.34. The Morgan fingerprint density at radius 2 is 1.92 bits per heavy atom. The second-order valence-electron chi connectivity index (χ2n) is 9.67. The molecule has 1 aromatic heterocycles. The number of piperazine rings is 1. The highest BCUT2D eigenvalue weighted by molar-refractivity contribution is 7.71. The van der Waals surface area contributed by atoms with Crippen molar-refractivity contribution < 1.29 is 14.3 Å². The number of anilines is 1. The van der Waals surface area contributed by atoms with Gasteiger partial charge in [0, 0.05) is 50.4 Å². The molecule has 0 saturated carbocycles. The third kappa shape index (κ3) is 4.97. The van der Waals surface area contributed by atoms with Crippen molar-refractivity contribution in [3.63, 3.8) is 0 Å². The molecule has 2 aromatic carbocycles. The standard InChI is InChI=1S/C27H32N4O4S/c1-18-7-6-8-20(13-18)30-12-11-29(16-19(30)2)25(32)9-4-3-5-10-31-26(33)21-14-23-24(35-17-34-23)15-22(21)28-27(31)36/h6-8,13-15,19H,3-5,9-12,16-17H2,1-2H3,(H,28,36). The molecule has 1 saturated heterocycles. The minimum Gasteiger partial charge on any atom is -0.454 e. The number of benzene rings is 2. The Hall–Kier alpha value is -3.33. The number of hydrogen-bond donors (Lipinski definition) is 1. The highest BCUT2D eigenvalue weighted by Gasteiger charge is 2.26. The van der Waals surface area contributed by atoms with Crippen LogP contribution in [0.3, 0.4) is 0 Å². The van der Waals surface area contributed by atoms with Crippen LogP contribution in [0.1, 0.15) is 38.2 Å². The topological polar surface area (TPSA) is 79.8 Å². The molecule has 1 fully saturated rings. The molecular formula is C27H32N4O4S. The fraction of sp³-hybridized carbons (Fsp3) is 0.444. The van der Waals surface area contributed by atoms with Gasteiger partial charge in [0.05, 0.1) is 10.9 Å². The quantitative estimate of drug-likeness (QED) is 0.377. The van der Waals surface area contributed by atoms with Gasteiger partial charge in [-0.15, -0.1) is 0 Å². The van der Waals surface area contributed by atoms with E-state index >= 15 is 0 Å². The van der Waals surface area contributed by atoms with Gasteiger partial charge in [-0.1, -0.05) is 18.6 Å². The SMILES string of the molecule is Cc1cccc(N2CCN(C(=O)CCCCCn3c(=S)[nH]c4cc5c(cc4c3=O)OCO5)CC2C)c1. The van der Waals surface area contributed by atoms with Crippen LogP contribution in [0.2, 0.25) is 0 Å². The molecule has 0 bridgehead atoms. The van der Waals surface area contributed by atoms with Crippen molar-refractivity contribution in [1.82, 2.24) is 14.5 Å². The first-order valence-electron chi connectivity index (χ1n) is 12.6. The second-order valence-corrected chi connectivity index (χ2v) is 10.1. The lowest BCUT2D eigenvalue weighted by Gasteiger charge is -2.41. The van der Waals surface area contributed by atoms with Crippen LogP contribution in [0.15, 0.2) is 41.2 Å². The third-order valence-electron chi connectivity index (χ3n) is 7.06. The van der Waals surface area contributed by atoms with E-state index in [1.54, 1.807) is 16.7 Å². The lowest BCUT2D eigenvalue weighted by molar-refractivity contribution is -0.132. The molecule has 1 unspecified atom stereocenters. The second kappa shape index (κ2) is 10.3. The number of fused-ring (bicyclic) bond motifs is 2. The van der Waals surface area contributed by atoms with Crippen molar-refractivity contribution in [2.75, 3.05) is 31.3 Å². The number of rotatable bonds is 7. The van der Waals surface area contributed by atoms with E-state index < -0.39 is 0 Å². The van der Waals surface area contributed by atoms with Crippen LogP contribution in [-0.4, -0.2) is 52.8 Å².